The van der Waals surface area contributed by atoms with Gasteiger partial charge < -0.3 is 4.90 Å². The molecule has 22 heavy (non-hydrogen) atoms. The summed E-state index contributed by atoms with van der Waals surface area (Å²) in [4.78, 5) is 2.21. The maximum Gasteiger partial charge on any atom is 0.0533 e. The largest absolute Gasteiger partial charge is 0.317 e. The predicted octanol–water partition coefficient (Wildman–Crippen LogP) is 5.56. The number of rotatable bonds is 2. The second-order valence-electron chi connectivity index (χ2n) is 5.38. The number of anilines is 1. The van der Waals surface area contributed by atoms with Crippen LogP contribution in [0.5, 0.6) is 0 Å². The van der Waals surface area contributed by atoms with Gasteiger partial charge in [-0.1, -0.05) is 61.2 Å². The summed E-state index contributed by atoms with van der Waals surface area (Å²) in [5.74, 6) is 0. The van der Waals surface area contributed by atoms with Crippen LogP contribution in [0.4, 0.5) is 5.69 Å². The molecule has 0 saturated heterocycles. The van der Waals surface area contributed by atoms with E-state index >= 15 is 0 Å². The van der Waals surface area contributed by atoms with Gasteiger partial charge in [0.1, 0.15) is 0 Å². The molecular weight excluding hydrogens is 266 g/mol. The molecule has 1 heterocycles. The highest BCUT2D eigenvalue weighted by atomic mass is 15.1. The van der Waals surface area contributed by atoms with E-state index < -0.39 is 0 Å². The SMILES string of the molecule is C=C1/C=C(C)\C=C/N(c2ccccc2)/C(c2ccccc2)=C\1. The summed E-state index contributed by atoms with van der Waals surface area (Å²) in [6.07, 6.45) is 8.47. The van der Waals surface area contributed by atoms with Crippen molar-refractivity contribution in [2.75, 3.05) is 4.90 Å². The normalized spacial score (nSPS) is 21.1. The van der Waals surface area contributed by atoms with Crippen molar-refractivity contribution < 1.29 is 0 Å². The maximum atomic E-state index is 4.16. The topological polar surface area (TPSA) is 3.24 Å². The number of allylic oxidation sites excluding steroid dienone is 5. The van der Waals surface area contributed by atoms with Gasteiger partial charge in [-0.15, -0.1) is 0 Å². The van der Waals surface area contributed by atoms with Gasteiger partial charge in [-0.2, -0.15) is 0 Å². The Morgan fingerprint density at radius 1 is 0.818 bits per heavy atom. The van der Waals surface area contributed by atoms with E-state index in [0.717, 1.165) is 17.0 Å². The Morgan fingerprint density at radius 3 is 2.14 bits per heavy atom. The van der Waals surface area contributed by atoms with Crippen LogP contribution in [0, 0.1) is 0 Å². The van der Waals surface area contributed by atoms with Crippen LogP contribution in [0.1, 0.15) is 12.5 Å². The molecule has 3 rings (SSSR count). The summed E-state index contributed by atoms with van der Waals surface area (Å²) < 4.78 is 0. The van der Waals surface area contributed by atoms with E-state index in [1.807, 2.05) is 12.1 Å². The molecule has 0 atom stereocenters. The Morgan fingerprint density at radius 2 is 1.45 bits per heavy atom. The van der Waals surface area contributed by atoms with Crippen LogP contribution in [0.25, 0.3) is 5.70 Å². The van der Waals surface area contributed by atoms with Crippen molar-refractivity contribution in [3.05, 3.63) is 108 Å². The van der Waals surface area contributed by atoms with Gasteiger partial charge in [0.25, 0.3) is 0 Å². The van der Waals surface area contributed by atoms with Gasteiger partial charge in [0, 0.05) is 11.9 Å². The lowest BCUT2D eigenvalue weighted by molar-refractivity contribution is 1.27. The van der Waals surface area contributed by atoms with E-state index in [4.69, 9.17) is 0 Å². The lowest BCUT2D eigenvalue weighted by atomic mass is 10.0. The number of para-hydroxylation sites is 1. The van der Waals surface area contributed by atoms with E-state index in [1.165, 1.54) is 11.1 Å². The summed E-state index contributed by atoms with van der Waals surface area (Å²) >= 11 is 0. The zero-order chi connectivity index (χ0) is 15.4. The fraction of sp³-hybridized carbons (Fsp3) is 0.0476. The average Bonchev–Trinajstić information content (AvgIpc) is 2.54. The second kappa shape index (κ2) is 6.31. The highest BCUT2D eigenvalue weighted by molar-refractivity contribution is 5.83. The fourth-order valence-corrected chi connectivity index (χ4v) is 2.54. The highest BCUT2D eigenvalue weighted by Crippen LogP contribution is 2.29. The lowest BCUT2D eigenvalue weighted by Gasteiger charge is -2.25. The summed E-state index contributed by atoms with van der Waals surface area (Å²) in [5, 5.41) is 0. The van der Waals surface area contributed by atoms with Crippen molar-refractivity contribution in [3.8, 4) is 0 Å². The first-order chi connectivity index (χ1) is 10.7. The van der Waals surface area contributed by atoms with Gasteiger partial charge in [-0.25, -0.2) is 0 Å². The van der Waals surface area contributed by atoms with E-state index in [9.17, 15) is 0 Å². The minimum Gasteiger partial charge on any atom is -0.317 e. The second-order valence-corrected chi connectivity index (χ2v) is 5.38. The molecule has 108 valence electrons. The van der Waals surface area contributed by atoms with Crippen molar-refractivity contribution in [2.45, 2.75) is 6.92 Å². The highest BCUT2D eigenvalue weighted by Gasteiger charge is 2.13. The predicted molar refractivity (Wildman–Crippen MR) is 95.4 cm³/mol. The molecule has 2 aromatic rings. The lowest BCUT2D eigenvalue weighted by Crippen LogP contribution is -2.15. The first-order valence-electron chi connectivity index (χ1n) is 7.41. The van der Waals surface area contributed by atoms with Crippen molar-refractivity contribution in [1.29, 1.82) is 0 Å². The van der Waals surface area contributed by atoms with Crippen LogP contribution in [0.15, 0.2) is 103 Å². The molecule has 0 amide bonds. The Bertz CT molecular complexity index is 749. The molecule has 1 aliphatic heterocycles. The number of benzene rings is 2. The third kappa shape index (κ3) is 3.09. The fourth-order valence-electron chi connectivity index (χ4n) is 2.54. The smallest absolute Gasteiger partial charge is 0.0533 e. The third-order valence-electron chi connectivity index (χ3n) is 3.59. The third-order valence-corrected chi connectivity index (χ3v) is 3.59. The van der Waals surface area contributed by atoms with Crippen molar-refractivity contribution >= 4 is 11.4 Å². The van der Waals surface area contributed by atoms with Gasteiger partial charge in [-0.3, -0.25) is 0 Å². The van der Waals surface area contributed by atoms with Crippen LogP contribution < -0.4 is 4.90 Å². The molecular formula is C21H19N. The van der Waals surface area contributed by atoms with E-state index in [1.54, 1.807) is 0 Å². The summed E-state index contributed by atoms with van der Waals surface area (Å²) in [7, 11) is 0. The first kappa shape index (κ1) is 14.2. The van der Waals surface area contributed by atoms with Gasteiger partial charge in [0.05, 0.1) is 5.70 Å². The van der Waals surface area contributed by atoms with Crippen molar-refractivity contribution in [3.63, 3.8) is 0 Å². The molecule has 0 N–H and O–H groups in total. The Labute approximate surface area is 132 Å². The molecule has 1 heteroatoms. The van der Waals surface area contributed by atoms with E-state index in [-0.39, 0.29) is 0 Å². The summed E-state index contributed by atoms with van der Waals surface area (Å²) in [5.41, 5.74) is 5.62. The summed E-state index contributed by atoms with van der Waals surface area (Å²) in [6, 6.07) is 20.8. The number of hydrogen-bond donors (Lipinski definition) is 0. The van der Waals surface area contributed by atoms with Gasteiger partial charge >= 0.3 is 0 Å². The quantitative estimate of drug-likeness (QED) is 0.698. The Kier molecular flexibility index (Phi) is 4.06. The molecule has 0 fully saturated rings. The minimum absolute atomic E-state index is 1.00. The molecule has 0 unspecified atom stereocenters. The van der Waals surface area contributed by atoms with Crippen LogP contribution in [0.2, 0.25) is 0 Å². The minimum atomic E-state index is 1.00. The summed E-state index contributed by atoms with van der Waals surface area (Å²) in [6.45, 7) is 6.25. The zero-order valence-corrected chi connectivity index (χ0v) is 12.7. The first-order valence-corrected chi connectivity index (χ1v) is 7.41. The Hall–Kier alpha value is -2.80. The molecule has 0 aromatic heterocycles. The number of nitrogens with zero attached hydrogens (tertiary/aromatic N) is 1. The van der Waals surface area contributed by atoms with Crippen LogP contribution in [0.3, 0.4) is 0 Å². The standard InChI is InChI=1S/C21H19N/c1-17-13-14-22(20-11-7-4-8-12-20)21(16-18(2)15-17)19-9-5-3-6-10-19/h3-16H,2H2,1H3/b14-13-,17-15-,21-16-. The van der Waals surface area contributed by atoms with Crippen LogP contribution in [-0.4, -0.2) is 0 Å². The average molecular weight is 285 g/mol. The molecule has 0 bridgehead atoms. The molecule has 0 radical (unpaired) electrons. The van der Waals surface area contributed by atoms with Crippen molar-refractivity contribution in [2.24, 2.45) is 0 Å². The van der Waals surface area contributed by atoms with E-state index in [2.05, 4.69) is 91.4 Å². The van der Waals surface area contributed by atoms with E-state index in [0.29, 0.717) is 0 Å². The molecule has 0 aliphatic carbocycles. The zero-order valence-electron chi connectivity index (χ0n) is 12.7. The van der Waals surface area contributed by atoms with Crippen LogP contribution >= 0.6 is 0 Å². The molecule has 1 nitrogen and oxygen atoms in total. The van der Waals surface area contributed by atoms with Crippen LogP contribution in [-0.2, 0) is 0 Å². The monoisotopic (exact) mass is 285 g/mol. The maximum absolute atomic E-state index is 4.16. The molecule has 0 saturated carbocycles. The number of hydrogen-bond acceptors (Lipinski definition) is 1. The van der Waals surface area contributed by atoms with Gasteiger partial charge in [-0.05, 0) is 47.9 Å². The molecule has 0 spiro atoms. The van der Waals surface area contributed by atoms with Crippen molar-refractivity contribution in [1.82, 2.24) is 0 Å². The molecule has 1 aliphatic rings. The molecule has 2 aromatic carbocycles. The van der Waals surface area contributed by atoms with Gasteiger partial charge in [0.2, 0.25) is 0 Å². The Balaban J connectivity index is 2.16. The van der Waals surface area contributed by atoms with Gasteiger partial charge in [0.15, 0.2) is 0 Å².